The van der Waals surface area contributed by atoms with Crippen LogP contribution in [-0.4, -0.2) is 32.0 Å². The Balaban J connectivity index is 1.79. The van der Waals surface area contributed by atoms with Crippen LogP contribution in [0.4, 0.5) is 0 Å². The van der Waals surface area contributed by atoms with Gasteiger partial charge in [-0.15, -0.1) is 0 Å². The molecule has 0 fully saturated rings. The van der Waals surface area contributed by atoms with Crippen molar-refractivity contribution in [3.63, 3.8) is 0 Å². The Kier molecular flexibility index (Phi) is 5.38. The van der Waals surface area contributed by atoms with E-state index in [0.29, 0.717) is 18.0 Å². The number of amides is 1. The second-order valence-electron chi connectivity index (χ2n) is 4.90. The molecule has 21 heavy (non-hydrogen) atoms. The molecule has 0 radical (unpaired) electrons. The van der Waals surface area contributed by atoms with Crippen molar-refractivity contribution in [3.8, 4) is 0 Å². The number of rotatable bonds is 7. The van der Waals surface area contributed by atoms with Crippen molar-refractivity contribution in [2.45, 2.75) is 39.3 Å². The minimum Gasteiger partial charge on any atom is -0.354 e. The van der Waals surface area contributed by atoms with E-state index in [1.165, 1.54) is 6.20 Å². The van der Waals surface area contributed by atoms with Crippen molar-refractivity contribution in [1.29, 1.82) is 0 Å². The molecule has 0 aliphatic carbocycles. The number of aromatic nitrogens is 4. The summed E-state index contributed by atoms with van der Waals surface area (Å²) in [6.07, 6.45) is 6.50. The summed E-state index contributed by atoms with van der Waals surface area (Å²) in [5, 5.41) is 11.8. The molecule has 1 N–H and O–H groups in total. The van der Waals surface area contributed by atoms with Crippen LogP contribution in [0.3, 0.4) is 0 Å². The van der Waals surface area contributed by atoms with E-state index < -0.39 is 0 Å². The second kappa shape index (κ2) is 7.26. The fourth-order valence-electron chi connectivity index (χ4n) is 2.17. The molecular weight excluding hydrogens is 290 g/mol. The molecule has 1 atom stereocenters. The lowest BCUT2D eigenvalue weighted by Gasteiger charge is -2.15. The van der Waals surface area contributed by atoms with E-state index in [1.54, 1.807) is 17.1 Å². The van der Waals surface area contributed by atoms with E-state index in [4.69, 9.17) is 11.6 Å². The molecule has 114 valence electrons. The van der Waals surface area contributed by atoms with Crippen LogP contribution in [0.25, 0.3) is 0 Å². The van der Waals surface area contributed by atoms with Crippen molar-refractivity contribution in [3.05, 3.63) is 35.4 Å². The van der Waals surface area contributed by atoms with Gasteiger partial charge in [0.05, 0.1) is 11.2 Å². The van der Waals surface area contributed by atoms with Gasteiger partial charge in [-0.3, -0.25) is 14.2 Å². The fourth-order valence-corrected chi connectivity index (χ4v) is 2.31. The van der Waals surface area contributed by atoms with E-state index in [0.717, 1.165) is 18.7 Å². The Morgan fingerprint density at radius 1 is 1.48 bits per heavy atom. The Labute approximate surface area is 129 Å². The first kappa shape index (κ1) is 15.6. The summed E-state index contributed by atoms with van der Waals surface area (Å²) in [5.74, 6) is -0.0329. The highest BCUT2D eigenvalue weighted by molar-refractivity contribution is 6.30. The average molecular weight is 310 g/mol. The largest absolute Gasteiger partial charge is 0.354 e. The molecule has 0 bridgehead atoms. The van der Waals surface area contributed by atoms with Gasteiger partial charge in [0, 0.05) is 31.2 Å². The zero-order valence-corrected chi connectivity index (χ0v) is 13.0. The minimum atomic E-state index is -0.316. The first-order valence-electron chi connectivity index (χ1n) is 7.07. The van der Waals surface area contributed by atoms with Crippen molar-refractivity contribution in [2.75, 3.05) is 6.54 Å². The monoisotopic (exact) mass is 309 g/mol. The van der Waals surface area contributed by atoms with Gasteiger partial charge in [0.2, 0.25) is 5.91 Å². The van der Waals surface area contributed by atoms with Gasteiger partial charge in [-0.2, -0.15) is 10.2 Å². The Morgan fingerprint density at radius 3 is 2.86 bits per heavy atom. The van der Waals surface area contributed by atoms with Crippen molar-refractivity contribution in [2.24, 2.45) is 0 Å². The molecule has 6 nitrogen and oxygen atoms in total. The molecule has 2 heterocycles. The zero-order chi connectivity index (χ0) is 15.2. The maximum Gasteiger partial charge on any atom is 0.244 e. The number of nitrogens with one attached hydrogen (secondary N) is 1. The third-order valence-corrected chi connectivity index (χ3v) is 3.55. The summed E-state index contributed by atoms with van der Waals surface area (Å²) >= 11 is 5.84. The highest BCUT2D eigenvalue weighted by Gasteiger charge is 2.18. The fraction of sp³-hybridized carbons (Fsp3) is 0.500. The lowest BCUT2D eigenvalue weighted by atomic mass is 10.2. The Morgan fingerprint density at radius 2 is 2.29 bits per heavy atom. The Bertz CT molecular complexity index is 592. The molecule has 1 unspecified atom stereocenters. The molecular formula is C14H20ClN5O. The number of aryl methyl sites for hydroxylation is 2. The lowest BCUT2D eigenvalue weighted by molar-refractivity contribution is -0.124. The molecule has 0 saturated carbocycles. The number of hydrogen-bond donors (Lipinski definition) is 1. The van der Waals surface area contributed by atoms with Crippen LogP contribution in [0.5, 0.6) is 0 Å². The van der Waals surface area contributed by atoms with Crippen molar-refractivity contribution in [1.82, 2.24) is 24.9 Å². The highest BCUT2D eigenvalue weighted by Crippen LogP contribution is 2.14. The predicted octanol–water partition coefficient (Wildman–Crippen LogP) is 2.20. The standard InChI is InChI=1S/C14H20ClN5O/c1-3-13(20-10-12(15)9-18-20)14(21)16-6-4-8-19-11(2)5-7-17-19/h5,7,9-10,13H,3-4,6,8H2,1-2H3,(H,16,21). The van der Waals surface area contributed by atoms with E-state index in [9.17, 15) is 4.79 Å². The van der Waals surface area contributed by atoms with E-state index in [2.05, 4.69) is 15.5 Å². The summed E-state index contributed by atoms with van der Waals surface area (Å²) < 4.78 is 3.53. The van der Waals surface area contributed by atoms with E-state index in [1.807, 2.05) is 24.6 Å². The summed E-state index contributed by atoms with van der Waals surface area (Å²) in [6, 6.07) is 1.65. The zero-order valence-electron chi connectivity index (χ0n) is 12.3. The number of carbonyl (C=O) groups is 1. The number of halogens is 1. The SMILES string of the molecule is CCC(C(=O)NCCCn1nccc1C)n1cc(Cl)cn1. The van der Waals surface area contributed by atoms with Gasteiger partial charge in [-0.1, -0.05) is 18.5 Å². The quantitative estimate of drug-likeness (QED) is 0.797. The Hall–Kier alpha value is -1.82. The van der Waals surface area contributed by atoms with Crippen LogP contribution in [0.2, 0.25) is 5.02 Å². The predicted molar refractivity (Wildman–Crippen MR) is 81.2 cm³/mol. The molecule has 0 aliphatic heterocycles. The highest BCUT2D eigenvalue weighted by atomic mass is 35.5. The van der Waals surface area contributed by atoms with Gasteiger partial charge in [-0.25, -0.2) is 0 Å². The summed E-state index contributed by atoms with van der Waals surface area (Å²) in [4.78, 5) is 12.2. The van der Waals surface area contributed by atoms with Gasteiger partial charge < -0.3 is 5.32 Å². The van der Waals surface area contributed by atoms with Crippen LogP contribution in [0.1, 0.15) is 31.5 Å². The maximum absolute atomic E-state index is 12.2. The van der Waals surface area contributed by atoms with Crippen LogP contribution >= 0.6 is 11.6 Å². The lowest BCUT2D eigenvalue weighted by Crippen LogP contribution is -2.33. The number of hydrogen-bond acceptors (Lipinski definition) is 3. The number of carbonyl (C=O) groups excluding carboxylic acids is 1. The minimum absolute atomic E-state index is 0.0329. The molecule has 7 heteroatoms. The average Bonchev–Trinajstić information content (AvgIpc) is 3.05. The molecule has 2 rings (SSSR count). The van der Waals surface area contributed by atoms with E-state index in [-0.39, 0.29) is 11.9 Å². The van der Waals surface area contributed by atoms with Gasteiger partial charge in [0.1, 0.15) is 6.04 Å². The van der Waals surface area contributed by atoms with Crippen LogP contribution < -0.4 is 5.32 Å². The molecule has 2 aromatic rings. The van der Waals surface area contributed by atoms with Gasteiger partial charge in [0.25, 0.3) is 0 Å². The normalized spacial score (nSPS) is 12.3. The summed E-state index contributed by atoms with van der Waals surface area (Å²) in [5.41, 5.74) is 1.12. The molecule has 0 aromatic carbocycles. The molecule has 1 amide bonds. The smallest absolute Gasteiger partial charge is 0.244 e. The first-order valence-corrected chi connectivity index (χ1v) is 7.45. The van der Waals surface area contributed by atoms with Gasteiger partial charge in [-0.05, 0) is 25.8 Å². The van der Waals surface area contributed by atoms with Gasteiger partial charge in [0.15, 0.2) is 0 Å². The third kappa shape index (κ3) is 4.07. The van der Waals surface area contributed by atoms with Crippen LogP contribution in [0.15, 0.2) is 24.7 Å². The first-order chi connectivity index (χ1) is 10.1. The van der Waals surface area contributed by atoms with Crippen molar-refractivity contribution < 1.29 is 4.79 Å². The van der Waals surface area contributed by atoms with Crippen molar-refractivity contribution >= 4 is 17.5 Å². The topological polar surface area (TPSA) is 64.7 Å². The molecule has 0 aliphatic rings. The van der Waals surface area contributed by atoms with Crippen LogP contribution in [-0.2, 0) is 11.3 Å². The van der Waals surface area contributed by atoms with E-state index >= 15 is 0 Å². The van der Waals surface area contributed by atoms with Crippen LogP contribution in [0, 0.1) is 6.92 Å². The maximum atomic E-state index is 12.2. The summed E-state index contributed by atoms with van der Waals surface area (Å²) in [7, 11) is 0. The number of nitrogens with zero attached hydrogens (tertiary/aromatic N) is 4. The summed E-state index contributed by atoms with van der Waals surface area (Å²) in [6.45, 7) is 5.38. The third-order valence-electron chi connectivity index (χ3n) is 3.35. The van der Waals surface area contributed by atoms with Gasteiger partial charge >= 0.3 is 0 Å². The molecule has 2 aromatic heterocycles. The molecule has 0 saturated heterocycles. The molecule has 0 spiro atoms. The second-order valence-corrected chi connectivity index (χ2v) is 5.34.